The van der Waals surface area contributed by atoms with Crippen LogP contribution in [0.2, 0.25) is 0 Å². The van der Waals surface area contributed by atoms with Crippen molar-refractivity contribution >= 4 is 39.2 Å². The van der Waals surface area contributed by atoms with Gasteiger partial charge in [-0.3, -0.25) is 0 Å². The van der Waals surface area contributed by atoms with E-state index in [0.29, 0.717) is 0 Å². The normalized spacial score (nSPS) is 18.9. The largest absolute Gasteiger partial charge is 0.331 e. The van der Waals surface area contributed by atoms with E-state index in [4.69, 9.17) is 12.2 Å². The van der Waals surface area contributed by atoms with Crippen LogP contribution < -0.4 is 0 Å². The standard InChI is InChI=1S/C13H15BrN2S/c1-13(6-2-3-7-13)16-11-5-4-9(14)8-10(11)15-12(16)17/h4-5,8H,2-3,6-7H2,1H3,(H,15,17). The number of nitrogens with one attached hydrogen (secondary N) is 1. The first-order valence-electron chi connectivity index (χ1n) is 6.01. The number of halogens is 1. The first-order chi connectivity index (χ1) is 8.10. The number of imidazole rings is 1. The summed E-state index contributed by atoms with van der Waals surface area (Å²) in [4.78, 5) is 3.32. The van der Waals surface area contributed by atoms with Gasteiger partial charge in [0.2, 0.25) is 0 Å². The summed E-state index contributed by atoms with van der Waals surface area (Å²) in [5.74, 6) is 0. The minimum Gasteiger partial charge on any atom is -0.331 e. The molecule has 1 aromatic carbocycles. The summed E-state index contributed by atoms with van der Waals surface area (Å²) in [6.07, 6.45) is 5.07. The zero-order valence-electron chi connectivity index (χ0n) is 9.79. The molecule has 2 aromatic rings. The minimum absolute atomic E-state index is 0.198. The van der Waals surface area contributed by atoms with Crippen LogP contribution >= 0.6 is 28.1 Å². The van der Waals surface area contributed by atoms with Crippen molar-refractivity contribution in [3.63, 3.8) is 0 Å². The van der Waals surface area contributed by atoms with Gasteiger partial charge < -0.3 is 9.55 Å². The summed E-state index contributed by atoms with van der Waals surface area (Å²) in [7, 11) is 0. The lowest BCUT2D eigenvalue weighted by atomic mass is 10.0. The predicted octanol–water partition coefficient (Wildman–Crippen LogP) is 4.75. The Balaban J connectivity index is 2.29. The molecule has 90 valence electrons. The van der Waals surface area contributed by atoms with Gasteiger partial charge in [0.05, 0.1) is 11.0 Å². The smallest absolute Gasteiger partial charge is 0.178 e. The fraction of sp³-hybridized carbons (Fsp3) is 0.462. The molecule has 1 fully saturated rings. The molecule has 3 rings (SSSR count). The minimum atomic E-state index is 0.198. The lowest BCUT2D eigenvalue weighted by Gasteiger charge is -2.26. The molecule has 0 spiro atoms. The summed E-state index contributed by atoms with van der Waals surface area (Å²) in [6, 6.07) is 6.33. The molecule has 2 nitrogen and oxygen atoms in total. The molecule has 1 heterocycles. The van der Waals surface area contributed by atoms with Gasteiger partial charge >= 0.3 is 0 Å². The molecule has 0 bridgehead atoms. The molecule has 0 radical (unpaired) electrons. The van der Waals surface area contributed by atoms with Crippen molar-refractivity contribution in [3.05, 3.63) is 27.4 Å². The van der Waals surface area contributed by atoms with Crippen LogP contribution in [0, 0.1) is 4.77 Å². The van der Waals surface area contributed by atoms with E-state index >= 15 is 0 Å². The Morgan fingerprint density at radius 2 is 2.06 bits per heavy atom. The van der Waals surface area contributed by atoms with Gasteiger partial charge in [-0.1, -0.05) is 28.8 Å². The summed E-state index contributed by atoms with van der Waals surface area (Å²) in [5, 5.41) is 0. The Morgan fingerprint density at radius 3 is 2.76 bits per heavy atom. The monoisotopic (exact) mass is 310 g/mol. The zero-order valence-corrected chi connectivity index (χ0v) is 12.2. The Hall–Kier alpha value is -0.610. The third-order valence-corrected chi connectivity index (χ3v) is 4.64. The highest BCUT2D eigenvalue weighted by Crippen LogP contribution is 2.38. The molecule has 1 aliphatic rings. The van der Waals surface area contributed by atoms with Gasteiger partial charge in [-0.15, -0.1) is 0 Å². The summed E-state index contributed by atoms with van der Waals surface area (Å²) >= 11 is 9.00. The molecule has 0 saturated heterocycles. The van der Waals surface area contributed by atoms with Gasteiger partial charge in [0.1, 0.15) is 0 Å². The highest BCUT2D eigenvalue weighted by molar-refractivity contribution is 9.10. The number of nitrogens with zero attached hydrogens (tertiary/aromatic N) is 1. The summed E-state index contributed by atoms with van der Waals surface area (Å²) in [5.41, 5.74) is 2.54. The number of aromatic amines is 1. The maximum absolute atomic E-state index is 5.50. The molecule has 0 aliphatic heterocycles. The highest BCUT2D eigenvalue weighted by atomic mass is 79.9. The van der Waals surface area contributed by atoms with Crippen LogP contribution in [0.15, 0.2) is 22.7 Å². The van der Waals surface area contributed by atoms with Gasteiger partial charge in [0.15, 0.2) is 4.77 Å². The van der Waals surface area contributed by atoms with E-state index < -0.39 is 0 Å². The lowest BCUT2D eigenvalue weighted by Crippen LogP contribution is -2.26. The molecule has 1 N–H and O–H groups in total. The van der Waals surface area contributed by atoms with Gasteiger partial charge in [-0.25, -0.2) is 0 Å². The lowest BCUT2D eigenvalue weighted by molar-refractivity contribution is 0.335. The SMILES string of the molecule is CC1(n2c(=S)[nH]c3cc(Br)ccc32)CCCC1. The maximum atomic E-state index is 5.50. The van der Waals surface area contributed by atoms with E-state index in [1.165, 1.54) is 31.2 Å². The molecule has 17 heavy (non-hydrogen) atoms. The number of aromatic nitrogens is 2. The quantitative estimate of drug-likeness (QED) is 0.754. The zero-order chi connectivity index (χ0) is 12.0. The average molecular weight is 311 g/mol. The number of H-pyrrole nitrogens is 1. The molecule has 0 unspecified atom stereocenters. The molecular weight excluding hydrogens is 296 g/mol. The topological polar surface area (TPSA) is 20.7 Å². The van der Waals surface area contributed by atoms with Crippen LogP contribution in [-0.2, 0) is 5.54 Å². The average Bonchev–Trinajstić information content (AvgIpc) is 2.81. The van der Waals surface area contributed by atoms with Crippen molar-refractivity contribution in [2.75, 3.05) is 0 Å². The van der Waals surface area contributed by atoms with Crippen molar-refractivity contribution in [1.82, 2.24) is 9.55 Å². The fourth-order valence-electron chi connectivity index (χ4n) is 2.98. The Labute approximate surface area is 114 Å². The molecule has 4 heteroatoms. The third kappa shape index (κ3) is 1.78. The van der Waals surface area contributed by atoms with E-state index in [0.717, 1.165) is 14.8 Å². The van der Waals surface area contributed by atoms with Crippen LogP contribution in [0.1, 0.15) is 32.6 Å². The van der Waals surface area contributed by atoms with Crippen LogP contribution in [0.25, 0.3) is 11.0 Å². The molecule has 1 saturated carbocycles. The molecule has 1 aliphatic carbocycles. The highest BCUT2D eigenvalue weighted by Gasteiger charge is 2.32. The van der Waals surface area contributed by atoms with Crippen molar-refractivity contribution < 1.29 is 0 Å². The first-order valence-corrected chi connectivity index (χ1v) is 7.21. The molecule has 0 atom stereocenters. The van der Waals surface area contributed by atoms with E-state index in [1.54, 1.807) is 0 Å². The molecule has 0 amide bonds. The van der Waals surface area contributed by atoms with Crippen molar-refractivity contribution in [1.29, 1.82) is 0 Å². The van der Waals surface area contributed by atoms with Crippen LogP contribution in [0.4, 0.5) is 0 Å². The molecule has 1 aromatic heterocycles. The number of hydrogen-bond donors (Lipinski definition) is 1. The van der Waals surface area contributed by atoms with Crippen molar-refractivity contribution in [2.24, 2.45) is 0 Å². The second-order valence-electron chi connectivity index (χ2n) is 5.13. The Morgan fingerprint density at radius 1 is 1.35 bits per heavy atom. The Bertz CT molecular complexity index is 620. The van der Waals surface area contributed by atoms with Crippen molar-refractivity contribution in [3.8, 4) is 0 Å². The van der Waals surface area contributed by atoms with E-state index in [9.17, 15) is 0 Å². The summed E-state index contributed by atoms with van der Waals surface area (Å²) < 4.78 is 4.25. The molecular formula is C13H15BrN2S. The second kappa shape index (κ2) is 3.95. The van der Waals surface area contributed by atoms with E-state index in [1.807, 2.05) is 0 Å². The number of hydrogen-bond acceptors (Lipinski definition) is 1. The van der Waals surface area contributed by atoms with Crippen molar-refractivity contribution in [2.45, 2.75) is 38.1 Å². The number of fused-ring (bicyclic) bond motifs is 1. The van der Waals surface area contributed by atoms with Gasteiger partial charge in [-0.2, -0.15) is 0 Å². The van der Waals surface area contributed by atoms with Gasteiger partial charge in [-0.05, 0) is 50.2 Å². The maximum Gasteiger partial charge on any atom is 0.178 e. The Kier molecular flexibility index (Phi) is 2.67. The van der Waals surface area contributed by atoms with E-state index in [2.05, 4.69) is 50.6 Å². The number of rotatable bonds is 1. The fourth-order valence-corrected chi connectivity index (χ4v) is 3.77. The van der Waals surface area contributed by atoms with Crippen LogP contribution in [-0.4, -0.2) is 9.55 Å². The van der Waals surface area contributed by atoms with Crippen LogP contribution in [0.5, 0.6) is 0 Å². The second-order valence-corrected chi connectivity index (χ2v) is 6.43. The summed E-state index contributed by atoms with van der Waals surface area (Å²) in [6.45, 7) is 2.32. The van der Waals surface area contributed by atoms with Gasteiger partial charge in [0.25, 0.3) is 0 Å². The number of benzene rings is 1. The van der Waals surface area contributed by atoms with Gasteiger partial charge in [0, 0.05) is 10.0 Å². The van der Waals surface area contributed by atoms with E-state index in [-0.39, 0.29) is 5.54 Å². The predicted molar refractivity (Wildman–Crippen MR) is 76.9 cm³/mol. The third-order valence-electron chi connectivity index (χ3n) is 3.86. The van der Waals surface area contributed by atoms with Crippen LogP contribution in [0.3, 0.4) is 0 Å². The first kappa shape index (κ1) is 11.5.